The highest BCUT2D eigenvalue weighted by Gasteiger charge is 2.19. The zero-order valence-corrected chi connectivity index (χ0v) is 24.5. The van der Waals surface area contributed by atoms with Gasteiger partial charge in [-0.2, -0.15) is 0 Å². The SMILES string of the molecule is CCC(=O)Oc1c(Cl)cccc1-n1cc(-c2ccc3ccccc3c2)cc(NC(=O)c2ccc(-c3ccccc3)cc2)c1=O. The van der Waals surface area contributed by atoms with Crippen molar-refractivity contribution in [3.05, 3.63) is 148 Å². The summed E-state index contributed by atoms with van der Waals surface area (Å²) < 4.78 is 6.91. The summed E-state index contributed by atoms with van der Waals surface area (Å²) in [6.45, 7) is 1.67. The molecule has 0 atom stereocenters. The summed E-state index contributed by atoms with van der Waals surface area (Å²) in [6, 6.07) is 37.5. The summed E-state index contributed by atoms with van der Waals surface area (Å²) in [7, 11) is 0. The number of benzene rings is 5. The molecule has 0 unspecified atom stereocenters. The Morgan fingerprint density at radius 3 is 2.16 bits per heavy atom. The van der Waals surface area contributed by atoms with Crippen LogP contribution in [0.3, 0.4) is 0 Å². The molecule has 0 spiro atoms. The van der Waals surface area contributed by atoms with Crippen LogP contribution in [-0.4, -0.2) is 16.4 Å². The van der Waals surface area contributed by atoms with E-state index < -0.39 is 17.4 Å². The Kier molecular flexibility index (Phi) is 8.08. The Morgan fingerprint density at radius 2 is 1.41 bits per heavy atom. The molecule has 44 heavy (non-hydrogen) atoms. The van der Waals surface area contributed by atoms with Gasteiger partial charge in [0.1, 0.15) is 5.69 Å². The second-order valence-electron chi connectivity index (χ2n) is 10.2. The van der Waals surface area contributed by atoms with Crippen molar-refractivity contribution in [2.75, 3.05) is 5.32 Å². The summed E-state index contributed by atoms with van der Waals surface area (Å²) in [4.78, 5) is 39.7. The summed E-state index contributed by atoms with van der Waals surface area (Å²) in [5.41, 5.74) is 3.71. The lowest BCUT2D eigenvalue weighted by Crippen LogP contribution is -2.25. The molecule has 0 radical (unpaired) electrons. The highest BCUT2D eigenvalue weighted by atomic mass is 35.5. The monoisotopic (exact) mass is 598 g/mol. The van der Waals surface area contributed by atoms with Crippen LogP contribution in [0, 0.1) is 0 Å². The fourth-order valence-corrected chi connectivity index (χ4v) is 5.20. The first-order valence-corrected chi connectivity index (χ1v) is 14.5. The third-order valence-corrected chi connectivity index (χ3v) is 7.61. The van der Waals surface area contributed by atoms with Gasteiger partial charge in [0.05, 0.1) is 10.7 Å². The normalized spacial score (nSPS) is 10.9. The number of carbonyl (C=O) groups excluding carboxylic acids is 2. The highest BCUT2D eigenvalue weighted by Crippen LogP contribution is 2.33. The smallest absolute Gasteiger partial charge is 0.311 e. The Balaban J connectivity index is 1.45. The van der Waals surface area contributed by atoms with E-state index in [1.807, 2.05) is 84.9 Å². The van der Waals surface area contributed by atoms with Crippen LogP contribution in [-0.2, 0) is 4.79 Å². The summed E-state index contributed by atoms with van der Waals surface area (Å²) in [5, 5.41) is 5.08. The van der Waals surface area contributed by atoms with E-state index in [-0.39, 0.29) is 28.6 Å². The number of fused-ring (bicyclic) bond motifs is 1. The number of hydrogen-bond donors (Lipinski definition) is 1. The van der Waals surface area contributed by atoms with E-state index in [4.69, 9.17) is 16.3 Å². The van der Waals surface area contributed by atoms with Crippen molar-refractivity contribution < 1.29 is 14.3 Å². The van der Waals surface area contributed by atoms with Gasteiger partial charge in [-0.3, -0.25) is 19.0 Å². The topological polar surface area (TPSA) is 77.4 Å². The van der Waals surface area contributed by atoms with Crippen LogP contribution in [0.2, 0.25) is 5.02 Å². The van der Waals surface area contributed by atoms with Gasteiger partial charge in [0, 0.05) is 23.7 Å². The van der Waals surface area contributed by atoms with Crippen LogP contribution in [0.1, 0.15) is 23.7 Å². The molecule has 0 fully saturated rings. The molecule has 6 rings (SSSR count). The van der Waals surface area contributed by atoms with Gasteiger partial charge in [-0.25, -0.2) is 0 Å². The fraction of sp³-hybridized carbons (Fsp3) is 0.0541. The number of amides is 1. The quantitative estimate of drug-likeness (QED) is 0.147. The second-order valence-corrected chi connectivity index (χ2v) is 10.6. The van der Waals surface area contributed by atoms with Gasteiger partial charge < -0.3 is 10.1 Å². The maximum Gasteiger partial charge on any atom is 0.311 e. The minimum atomic E-state index is -0.514. The molecule has 1 N–H and O–H groups in total. The molecular formula is C37H27ClN2O4. The van der Waals surface area contributed by atoms with Gasteiger partial charge in [0.25, 0.3) is 11.5 Å². The van der Waals surface area contributed by atoms with Gasteiger partial charge in [0.2, 0.25) is 0 Å². The van der Waals surface area contributed by atoms with Crippen LogP contribution in [0.15, 0.2) is 132 Å². The first-order valence-electron chi connectivity index (χ1n) is 14.1. The minimum Gasteiger partial charge on any atom is -0.423 e. The number of anilines is 1. The standard InChI is InChI=1S/C37H27ClN2O4/c1-2-34(41)44-35-31(38)13-8-14-33(35)40-23-30(29-20-17-25-11-6-7-12-28(25)21-29)22-32(37(40)43)39-36(42)27-18-15-26(16-19-27)24-9-4-3-5-10-24/h3-23H,2H2,1H3,(H,39,42). The van der Waals surface area contributed by atoms with E-state index in [1.165, 1.54) is 4.57 Å². The van der Waals surface area contributed by atoms with Crippen LogP contribution in [0.25, 0.3) is 38.7 Å². The number of aromatic nitrogens is 1. The van der Waals surface area contributed by atoms with Crippen LogP contribution >= 0.6 is 11.6 Å². The number of para-hydroxylation sites is 1. The van der Waals surface area contributed by atoms with E-state index >= 15 is 0 Å². The molecule has 7 heteroatoms. The lowest BCUT2D eigenvalue weighted by atomic mass is 10.0. The summed E-state index contributed by atoms with van der Waals surface area (Å²) in [6.07, 6.45) is 1.78. The van der Waals surface area contributed by atoms with Crippen molar-refractivity contribution in [1.29, 1.82) is 0 Å². The van der Waals surface area contributed by atoms with Crippen molar-refractivity contribution in [3.8, 4) is 33.7 Å². The Hall–Kier alpha value is -5.46. The molecule has 1 amide bonds. The highest BCUT2D eigenvalue weighted by molar-refractivity contribution is 6.32. The van der Waals surface area contributed by atoms with Gasteiger partial charge in [-0.15, -0.1) is 0 Å². The van der Waals surface area contributed by atoms with E-state index in [0.717, 1.165) is 27.5 Å². The zero-order chi connectivity index (χ0) is 30.6. The van der Waals surface area contributed by atoms with Crippen LogP contribution in [0.4, 0.5) is 5.69 Å². The van der Waals surface area contributed by atoms with Crippen molar-refractivity contribution in [3.63, 3.8) is 0 Å². The summed E-state index contributed by atoms with van der Waals surface area (Å²) in [5.74, 6) is -0.870. The zero-order valence-electron chi connectivity index (χ0n) is 23.8. The molecule has 0 aliphatic carbocycles. The number of nitrogens with one attached hydrogen (secondary N) is 1. The molecule has 1 aromatic heterocycles. The molecular weight excluding hydrogens is 572 g/mol. The van der Waals surface area contributed by atoms with Crippen LogP contribution in [0.5, 0.6) is 5.75 Å². The molecule has 5 aromatic carbocycles. The third kappa shape index (κ3) is 5.89. The number of nitrogens with zero attached hydrogens (tertiary/aromatic N) is 1. The van der Waals surface area contributed by atoms with Crippen LogP contribution < -0.4 is 15.6 Å². The van der Waals surface area contributed by atoms with Crippen molar-refractivity contribution >= 4 is 39.9 Å². The Morgan fingerprint density at radius 1 is 0.727 bits per heavy atom. The fourth-order valence-electron chi connectivity index (χ4n) is 4.99. The minimum absolute atomic E-state index is 0.0561. The van der Waals surface area contributed by atoms with Gasteiger partial charge in [0.15, 0.2) is 5.75 Å². The van der Waals surface area contributed by atoms with E-state index in [2.05, 4.69) is 5.32 Å². The lowest BCUT2D eigenvalue weighted by Gasteiger charge is -2.17. The van der Waals surface area contributed by atoms with Crippen molar-refractivity contribution in [2.45, 2.75) is 13.3 Å². The molecule has 6 aromatic rings. The lowest BCUT2D eigenvalue weighted by molar-refractivity contribution is -0.134. The molecule has 0 saturated carbocycles. The largest absolute Gasteiger partial charge is 0.423 e. The van der Waals surface area contributed by atoms with E-state index in [1.54, 1.807) is 49.5 Å². The summed E-state index contributed by atoms with van der Waals surface area (Å²) >= 11 is 6.45. The van der Waals surface area contributed by atoms with Gasteiger partial charge in [-0.05, 0) is 63.9 Å². The maximum atomic E-state index is 14.0. The third-order valence-electron chi connectivity index (χ3n) is 7.31. The molecule has 6 nitrogen and oxygen atoms in total. The van der Waals surface area contributed by atoms with E-state index in [9.17, 15) is 14.4 Å². The second kappa shape index (κ2) is 12.4. The predicted molar refractivity (Wildman–Crippen MR) is 176 cm³/mol. The Bertz CT molecular complexity index is 2070. The number of hydrogen-bond acceptors (Lipinski definition) is 4. The van der Waals surface area contributed by atoms with E-state index in [0.29, 0.717) is 11.1 Å². The van der Waals surface area contributed by atoms with Crippen molar-refractivity contribution in [1.82, 2.24) is 4.57 Å². The first-order chi connectivity index (χ1) is 21.4. The molecule has 1 heterocycles. The average molecular weight is 599 g/mol. The number of esters is 1. The molecule has 0 bridgehead atoms. The molecule has 0 aliphatic heterocycles. The van der Waals surface area contributed by atoms with Gasteiger partial charge in [-0.1, -0.05) is 103 Å². The molecule has 0 aliphatic rings. The first kappa shape index (κ1) is 28.6. The molecule has 0 saturated heterocycles. The number of pyridine rings is 1. The number of ether oxygens (including phenoxy) is 1. The number of rotatable bonds is 7. The Labute approximate surface area is 259 Å². The number of carbonyl (C=O) groups is 2. The van der Waals surface area contributed by atoms with Gasteiger partial charge >= 0.3 is 5.97 Å². The van der Waals surface area contributed by atoms with Crippen molar-refractivity contribution in [2.24, 2.45) is 0 Å². The molecule has 216 valence electrons. The average Bonchev–Trinajstić information content (AvgIpc) is 3.06. The maximum absolute atomic E-state index is 14.0. The number of halogens is 1. The predicted octanol–water partition coefficient (Wildman–Crippen LogP) is 8.55.